The Morgan fingerprint density at radius 2 is 1.41 bits per heavy atom. The number of hydrogen-bond donors (Lipinski definition) is 0. The van der Waals surface area contributed by atoms with Crippen LogP contribution in [0.5, 0.6) is 0 Å². The Kier molecular flexibility index (Phi) is 3.78. The minimum atomic E-state index is -0.0615. The van der Waals surface area contributed by atoms with E-state index in [1.165, 1.54) is 12.7 Å². The molecule has 0 atom stereocenters. The van der Waals surface area contributed by atoms with E-state index in [0.717, 1.165) is 0 Å². The first-order chi connectivity index (χ1) is 8.27. The van der Waals surface area contributed by atoms with Crippen molar-refractivity contribution in [3.05, 3.63) is 37.4 Å². The molecule has 0 N–H and O–H groups in total. The van der Waals surface area contributed by atoms with Gasteiger partial charge in [-0.25, -0.2) is 9.97 Å². The van der Waals surface area contributed by atoms with Crippen molar-refractivity contribution in [2.24, 2.45) is 0 Å². The Balaban J connectivity index is 1.77. The summed E-state index contributed by atoms with van der Waals surface area (Å²) in [6, 6.07) is 0. The maximum atomic E-state index is 5.17. The molecule has 0 bridgehead atoms. The van der Waals surface area contributed by atoms with E-state index in [0.29, 0.717) is 0 Å². The largest absolute Gasteiger partial charge is 0.433 e. The van der Waals surface area contributed by atoms with Gasteiger partial charge in [-0.15, -0.1) is 0 Å². The van der Waals surface area contributed by atoms with Gasteiger partial charge in [0.15, 0.2) is 0 Å². The maximum absolute atomic E-state index is 5.17. The molecule has 0 saturated carbocycles. The van der Waals surface area contributed by atoms with Crippen molar-refractivity contribution in [2.45, 2.75) is 0 Å². The van der Waals surface area contributed by atoms with Crippen molar-refractivity contribution in [3.63, 3.8) is 0 Å². The molecule has 2 aromatic heterocycles. The molecule has 0 amide bonds. The number of rotatable bonds is 2. The molecule has 0 unspecified atom stereocenters. The summed E-state index contributed by atoms with van der Waals surface area (Å²) >= 11 is 9.97. The van der Waals surface area contributed by atoms with E-state index in [4.69, 9.17) is 33.9 Å². The fourth-order valence-corrected chi connectivity index (χ4v) is 1.33. The highest BCUT2D eigenvalue weighted by Crippen LogP contribution is 1.94. The lowest BCUT2D eigenvalue weighted by Crippen LogP contribution is -2.18. The molecule has 2 rings (SSSR count). The van der Waals surface area contributed by atoms with Crippen LogP contribution in [0.4, 0.5) is 0 Å². The van der Waals surface area contributed by atoms with Crippen molar-refractivity contribution in [2.75, 3.05) is 6.79 Å². The van der Waals surface area contributed by atoms with Crippen LogP contribution < -0.4 is 0 Å². The average molecular weight is 268 g/mol. The third-order valence-corrected chi connectivity index (χ3v) is 2.45. The number of imidazole rings is 2. The number of nitrogens with zero attached hydrogens (tertiary/aromatic N) is 4. The zero-order valence-electron chi connectivity index (χ0n) is 8.59. The molecule has 2 heterocycles. The lowest BCUT2D eigenvalue weighted by atomic mass is 10.9. The van der Waals surface area contributed by atoms with Crippen LogP contribution in [0.25, 0.3) is 0 Å². The topological polar surface area (TPSA) is 54.1 Å². The molecule has 88 valence electrons. The van der Waals surface area contributed by atoms with Gasteiger partial charge in [-0.05, 0) is 24.4 Å². The van der Waals surface area contributed by atoms with Gasteiger partial charge in [-0.3, -0.25) is 9.13 Å². The summed E-state index contributed by atoms with van der Waals surface area (Å²) in [6.07, 6.45) is 9.64. The molecule has 0 radical (unpaired) electrons. The quantitative estimate of drug-likeness (QED) is 0.599. The predicted molar refractivity (Wildman–Crippen MR) is 67.5 cm³/mol. The SMILES string of the molecule is S=C(OCOC(=S)n1ccnc1)n1ccnc1. The van der Waals surface area contributed by atoms with E-state index in [1.807, 2.05) is 0 Å². The zero-order chi connectivity index (χ0) is 12.1. The monoisotopic (exact) mass is 268 g/mol. The summed E-state index contributed by atoms with van der Waals surface area (Å²) in [5.41, 5.74) is 0. The highest BCUT2D eigenvalue weighted by atomic mass is 32.1. The van der Waals surface area contributed by atoms with E-state index in [9.17, 15) is 0 Å². The first-order valence-corrected chi connectivity index (χ1v) is 5.39. The lowest BCUT2D eigenvalue weighted by molar-refractivity contribution is 0.0974. The molecule has 0 aromatic carbocycles. The predicted octanol–water partition coefficient (Wildman–Crippen LogP) is 1.04. The lowest BCUT2D eigenvalue weighted by Gasteiger charge is -2.09. The summed E-state index contributed by atoms with van der Waals surface area (Å²) in [5, 5.41) is 0.492. The minimum Gasteiger partial charge on any atom is -0.433 e. The number of hydrogen-bond acceptors (Lipinski definition) is 6. The van der Waals surface area contributed by atoms with Crippen molar-refractivity contribution in [1.29, 1.82) is 0 Å². The fourth-order valence-electron chi connectivity index (χ4n) is 1.01. The van der Waals surface area contributed by atoms with Crippen LogP contribution in [0.1, 0.15) is 0 Å². The highest BCUT2D eigenvalue weighted by molar-refractivity contribution is 7.80. The van der Waals surface area contributed by atoms with Gasteiger partial charge in [0.05, 0.1) is 0 Å². The van der Waals surface area contributed by atoms with Gasteiger partial charge in [0.1, 0.15) is 12.7 Å². The molecule has 8 heteroatoms. The number of ether oxygens (including phenoxy) is 2. The Morgan fingerprint density at radius 3 is 1.76 bits per heavy atom. The van der Waals surface area contributed by atoms with Crippen LogP contribution in [-0.4, -0.2) is 36.2 Å². The van der Waals surface area contributed by atoms with E-state index in [-0.39, 0.29) is 17.1 Å². The van der Waals surface area contributed by atoms with Crippen LogP contribution >= 0.6 is 24.4 Å². The van der Waals surface area contributed by atoms with Crippen LogP contribution in [0.15, 0.2) is 37.4 Å². The summed E-state index contributed by atoms with van der Waals surface area (Å²) in [5.74, 6) is 0. The Labute approximate surface area is 108 Å². The first kappa shape index (κ1) is 11.7. The standard InChI is InChI=1S/C9H8N4O2S2/c16-8(12-3-1-10-5-12)14-7-15-9(17)13-4-2-11-6-13/h1-6H,7H2. The summed E-state index contributed by atoms with van der Waals surface area (Å²) in [6.45, 7) is -0.0615. The molecule has 0 aliphatic carbocycles. The van der Waals surface area contributed by atoms with Gasteiger partial charge in [0.25, 0.3) is 10.3 Å². The van der Waals surface area contributed by atoms with Crippen molar-refractivity contribution >= 4 is 34.8 Å². The molecular weight excluding hydrogens is 260 g/mol. The smallest absolute Gasteiger partial charge is 0.271 e. The minimum absolute atomic E-state index is 0.0615. The summed E-state index contributed by atoms with van der Waals surface area (Å²) in [4.78, 5) is 7.69. The third-order valence-electron chi connectivity index (χ3n) is 1.80. The molecular formula is C9H8N4O2S2. The zero-order valence-corrected chi connectivity index (χ0v) is 10.2. The highest BCUT2D eigenvalue weighted by Gasteiger charge is 2.03. The van der Waals surface area contributed by atoms with Gasteiger partial charge in [-0.1, -0.05) is 0 Å². The summed E-state index contributed by atoms with van der Waals surface area (Å²) in [7, 11) is 0. The Hall–Kier alpha value is -1.80. The van der Waals surface area contributed by atoms with E-state index in [1.54, 1.807) is 33.9 Å². The van der Waals surface area contributed by atoms with Crippen molar-refractivity contribution < 1.29 is 9.47 Å². The van der Waals surface area contributed by atoms with Gasteiger partial charge in [0, 0.05) is 24.8 Å². The molecule has 17 heavy (non-hydrogen) atoms. The van der Waals surface area contributed by atoms with E-state index >= 15 is 0 Å². The van der Waals surface area contributed by atoms with Crippen LogP contribution in [0.3, 0.4) is 0 Å². The van der Waals surface area contributed by atoms with E-state index < -0.39 is 0 Å². The van der Waals surface area contributed by atoms with Crippen molar-refractivity contribution in [3.8, 4) is 0 Å². The molecule has 0 aliphatic heterocycles. The Bertz CT molecular complexity index is 449. The second kappa shape index (κ2) is 5.51. The van der Waals surface area contributed by atoms with Crippen molar-refractivity contribution in [1.82, 2.24) is 19.1 Å². The molecule has 0 fully saturated rings. The summed E-state index contributed by atoms with van der Waals surface area (Å²) < 4.78 is 13.4. The second-order valence-electron chi connectivity index (χ2n) is 2.88. The van der Waals surface area contributed by atoms with Gasteiger partial charge >= 0.3 is 0 Å². The van der Waals surface area contributed by atoms with Crippen LogP contribution in [0.2, 0.25) is 0 Å². The molecule has 2 aromatic rings. The van der Waals surface area contributed by atoms with Gasteiger partial charge in [-0.2, -0.15) is 0 Å². The van der Waals surface area contributed by atoms with Crippen LogP contribution in [-0.2, 0) is 9.47 Å². The van der Waals surface area contributed by atoms with E-state index in [2.05, 4.69) is 9.97 Å². The number of aromatic nitrogens is 4. The molecule has 0 spiro atoms. The first-order valence-electron chi connectivity index (χ1n) is 4.57. The van der Waals surface area contributed by atoms with Gasteiger partial charge < -0.3 is 9.47 Å². The second-order valence-corrected chi connectivity index (χ2v) is 3.58. The van der Waals surface area contributed by atoms with Gasteiger partial charge in [0.2, 0.25) is 6.79 Å². The normalized spacial score (nSPS) is 9.88. The third kappa shape index (κ3) is 3.08. The average Bonchev–Trinajstić information content (AvgIpc) is 3.02. The molecule has 0 aliphatic rings. The molecule has 6 nitrogen and oxygen atoms in total. The Morgan fingerprint density at radius 1 is 0.941 bits per heavy atom. The fraction of sp³-hybridized carbons (Fsp3) is 0.111. The molecule has 0 saturated heterocycles. The van der Waals surface area contributed by atoms with Crippen LogP contribution in [0, 0.1) is 0 Å². The maximum Gasteiger partial charge on any atom is 0.271 e. The number of thiocarbonyl (C=S) groups is 2.